The Morgan fingerprint density at radius 3 is 2.00 bits per heavy atom. The monoisotopic (exact) mass is 215 g/mol. The SMILES string of the molecule is c1ccc2c(c1)CCN(C1CCCC1)CC2. The Morgan fingerprint density at radius 1 is 0.875 bits per heavy atom. The van der Waals surface area contributed by atoms with E-state index >= 15 is 0 Å². The Labute approximate surface area is 98.5 Å². The third kappa shape index (κ3) is 2.01. The van der Waals surface area contributed by atoms with E-state index in [0.717, 1.165) is 6.04 Å². The molecule has 1 heterocycles. The minimum absolute atomic E-state index is 0.898. The fourth-order valence-electron chi connectivity index (χ4n) is 3.32. The quantitative estimate of drug-likeness (QED) is 0.696. The van der Waals surface area contributed by atoms with Gasteiger partial charge in [-0.05, 0) is 36.8 Å². The summed E-state index contributed by atoms with van der Waals surface area (Å²) in [6.45, 7) is 2.56. The molecule has 1 aliphatic heterocycles. The molecule has 1 aromatic carbocycles. The van der Waals surface area contributed by atoms with Crippen molar-refractivity contribution in [3.63, 3.8) is 0 Å². The largest absolute Gasteiger partial charge is 0.300 e. The lowest BCUT2D eigenvalue weighted by Gasteiger charge is -2.26. The predicted octanol–water partition coefficient (Wildman–Crippen LogP) is 3.03. The van der Waals surface area contributed by atoms with Crippen molar-refractivity contribution in [3.8, 4) is 0 Å². The minimum atomic E-state index is 0.898. The molecule has 0 atom stereocenters. The molecule has 0 unspecified atom stereocenters. The lowest BCUT2D eigenvalue weighted by molar-refractivity contribution is 0.208. The zero-order valence-corrected chi connectivity index (χ0v) is 9.99. The standard InChI is InChI=1S/C15H21N/c1-2-6-14-10-12-16(11-9-13(14)5-1)15-7-3-4-8-15/h1-2,5-6,15H,3-4,7-12H2. The van der Waals surface area contributed by atoms with Crippen LogP contribution in [0, 0.1) is 0 Å². The van der Waals surface area contributed by atoms with Gasteiger partial charge >= 0.3 is 0 Å². The van der Waals surface area contributed by atoms with Gasteiger partial charge in [-0.2, -0.15) is 0 Å². The van der Waals surface area contributed by atoms with Crippen molar-refractivity contribution in [1.82, 2.24) is 4.90 Å². The van der Waals surface area contributed by atoms with E-state index in [1.807, 2.05) is 0 Å². The van der Waals surface area contributed by atoms with E-state index in [9.17, 15) is 0 Å². The van der Waals surface area contributed by atoms with Gasteiger partial charge in [-0.25, -0.2) is 0 Å². The van der Waals surface area contributed by atoms with E-state index in [1.54, 1.807) is 11.1 Å². The Hall–Kier alpha value is -0.820. The third-order valence-electron chi connectivity index (χ3n) is 4.30. The highest BCUT2D eigenvalue weighted by Gasteiger charge is 2.23. The van der Waals surface area contributed by atoms with Crippen LogP contribution in [0.3, 0.4) is 0 Å². The fraction of sp³-hybridized carbons (Fsp3) is 0.600. The molecule has 0 spiro atoms. The second kappa shape index (κ2) is 4.58. The molecule has 1 aromatic rings. The molecular weight excluding hydrogens is 194 g/mol. The molecular formula is C15H21N. The maximum Gasteiger partial charge on any atom is 0.00955 e. The van der Waals surface area contributed by atoms with Gasteiger partial charge in [-0.1, -0.05) is 37.1 Å². The van der Waals surface area contributed by atoms with E-state index < -0.39 is 0 Å². The summed E-state index contributed by atoms with van der Waals surface area (Å²) in [5.74, 6) is 0. The van der Waals surface area contributed by atoms with Crippen molar-refractivity contribution in [1.29, 1.82) is 0 Å². The molecule has 1 heteroatoms. The first-order valence-corrected chi connectivity index (χ1v) is 6.74. The van der Waals surface area contributed by atoms with Gasteiger partial charge < -0.3 is 0 Å². The maximum atomic E-state index is 2.74. The molecule has 0 aromatic heterocycles. The van der Waals surface area contributed by atoms with Gasteiger partial charge in [-0.15, -0.1) is 0 Å². The van der Waals surface area contributed by atoms with Crippen molar-refractivity contribution < 1.29 is 0 Å². The number of hydrogen-bond donors (Lipinski definition) is 0. The summed E-state index contributed by atoms with van der Waals surface area (Å²) in [6, 6.07) is 9.89. The van der Waals surface area contributed by atoms with Crippen LogP contribution < -0.4 is 0 Å². The van der Waals surface area contributed by atoms with Gasteiger partial charge in [0.2, 0.25) is 0 Å². The highest BCUT2D eigenvalue weighted by Crippen LogP contribution is 2.26. The van der Waals surface area contributed by atoms with E-state index in [-0.39, 0.29) is 0 Å². The van der Waals surface area contributed by atoms with Crippen LogP contribution in [-0.2, 0) is 12.8 Å². The van der Waals surface area contributed by atoms with Gasteiger partial charge in [0.15, 0.2) is 0 Å². The lowest BCUT2D eigenvalue weighted by Crippen LogP contribution is -2.35. The molecule has 3 rings (SSSR count). The second-order valence-electron chi connectivity index (χ2n) is 5.24. The normalized spacial score (nSPS) is 23.0. The van der Waals surface area contributed by atoms with Crippen LogP contribution in [0.4, 0.5) is 0 Å². The number of nitrogens with zero attached hydrogens (tertiary/aromatic N) is 1. The molecule has 1 nitrogen and oxygen atoms in total. The second-order valence-corrected chi connectivity index (χ2v) is 5.24. The number of hydrogen-bond acceptors (Lipinski definition) is 1. The van der Waals surface area contributed by atoms with Crippen molar-refractivity contribution in [2.45, 2.75) is 44.6 Å². The predicted molar refractivity (Wildman–Crippen MR) is 67.7 cm³/mol. The van der Waals surface area contributed by atoms with Gasteiger partial charge in [0.25, 0.3) is 0 Å². The fourth-order valence-corrected chi connectivity index (χ4v) is 3.32. The smallest absolute Gasteiger partial charge is 0.00955 e. The van der Waals surface area contributed by atoms with E-state index in [1.165, 1.54) is 51.6 Å². The first kappa shape index (κ1) is 10.3. The number of fused-ring (bicyclic) bond motifs is 1. The molecule has 0 amide bonds. The molecule has 1 aliphatic carbocycles. The number of rotatable bonds is 1. The Bertz CT molecular complexity index is 325. The topological polar surface area (TPSA) is 3.24 Å². The maximum absolute atomic E-state index is 2.74. The molecule has 0 bridgehead atoms. The van der Waals surface area contributed by atoms with Gasteiger partial charge in [0.1, 0.15) is 0 Å². The van der Waals surface area contributed by atoms with Crippen LogP contribution in [0.25, 0.3) is 0 Å². The molecule has 1 saturated carbocycles. The molecule has 0 saturated heterocycles. The Kier molecular flexibility index (Phi) is 2.96. The highest BCUT2D eigenvalue weighted by molar-refractivity contribution is 5.28. The minimum Gasteiger partial charge on any atom is -0.300 e. The summed E-state index contributed by atoms with van der Waals surface area (Å²) >= 11 is 0. The summed E-state index contributed by atoms with van der Waals surface area (Å²) in [7, 11) is 0. The average Bonchev–Trinajstić information content (AvgIpc) is 2.76. The van der Waals surface area contributed by atoms with Crippen molar-refractivity contribution in [2.24, 2.45) is 0 Å². The van der Waals surface area contributed by atoms with Crippen LogP contribution in [-0.4, -0.2) is 24.0 Å². The zero-order valence-electron chi connectivity index (χ0n) is 9.99. The van der Waals surface area contributed by atoms with Gasteiger partial charge in [-0.3, -0.25) is 4.90 Å². The van der Waals surface area contributed by atoms with Crippen LogP contribution >= 0.6 is 0 Å². The van der Waals surface area contributed by atoms with Gasteiger partial charge in [0.05, 0.1) is 0 Å². The molecule has 0 N–H and O–H groups in total. The molecule has 0 radical (unpaired) electrons. The molecule has 16 heavy (non-hydrogen) atoms. The zero-order chi connectivity index (χ0) is 10.8. The van der Waals surface area contributed by atoms with E-state index in [4.69, 9.17) is 0 Å². The summed E-state index contributed by atoms with van der Waals surface area (Å²) in [4.78, 5) is 2.74. The van der Waals surface area contributed by atoms with Crippen molar-refractivity contribution in [2.75, 3.05) is 13.1 Å². The third-order valence-corrected chi connectivity index (χ3v) is 4.30. The van der Waals surface area contributed by atoms with Crippen LogP contribution in [0.5, 0.6) is 0 Å². The molecule has 86 valence electrons. The Morgan fingerprint density at radius 2 is 1.44 bits per heavy atom. The Balaban J connectivity index is 1.71. The summed E-state index contributed by atoms with van der Waals surface area (Å²) in [5, 5.41) is 0. The lowest BCUT2D eigenvalue weighted by atomic mass is 10.0. The summed E-state index contributed by atoms with van der Waals surface area (Å²) < 4.78 is 0. The average molecular weight is 215 g/mol. The first-order valence-electron chi connectivity index (χ1n) is 6.74. The van der Waals surface area contributed by atoms with Crippen molar-refractivity contribution in [3.05, 3.63) is 35.4 Å². The van der Waals surface area contributed by atoms with Crippen molar-refractivity contribution >= 4 is 0 Å². The van der Waals surface area contributed by atoms with E-state index in [2.05, 4.69) is 29.2 Å². The summed E-state index contributed by atoms with van der Waals surface area (Å²) in [5.41, 5.74) is 3.17. The van der Waals surface area contributed by atoms with Gasteiger partial charge in [0, 0.05) is 19.1 Å². The van der Waals surface area contributed by atoms with Crippen LogP contribution in [0.2, 0.25) is 0 Å². The number of benzene rings is 1. The molecule has 2 aliphatic rings. The first-order chi connectivity index (χ1) is 7.93. The van der Waals surface area contributed by atoms with Crippen LogP contribution in [0.1, 0.15) is 36.8 Å². The summed E-state index contributed by atoms with van der Waals surface area (Å²) in [6.07, 6.45) is 8.30. The van der Waals surface area contributed by atoms with E-state index in [0.29, 0.717) is 0 Å². The molecule has 1 fully saturated rings. The van der Waals surface area contributed by atoms with Crippen LogP contribution in [0.15, 0.2) is 24.3 Å². The highest BCUT2D eigenvalue weighted by atomic mass is 15.2.